The van der Waals surface area contributed by atoms with E-state index in [0.717, 1.165) is 13.0 Å². The second-order valence-corrected chi connectivity index (χ2v) is 4.56. The lowest BCUT2D eigenvalue weighted by atomic mass is 10.2. The van der Waals surface area contributed by atoms with E-state index in [1.165, 1.54) is 18.6 Å². The largest absolute Gasteiger partial charge is 0.383 e. The minimum atomic E-state index is 0.0427. The standard InChI is InChI=1S/C11H24N2O2S/c1-15-8-7-13-11(14)10-12-6-4-3-5-9-16-2/h12H,3-10H2,1-2H3,(H,13,14). The normalized spacial score (nSPS) is 10.4. The van der Waals surface area contributed by atoms with Crippen molar-refractivity contribution < 1.29 is 9.53 Å². The van der Waals surface area contributed by atoms with E-state index in [1.807, 2.05) is 11.8 Å². The van der Waals surface area contributed by atoms with Crippen LogP contribution in [0.2, 0.25) is 0 Å². The highest BCUT2D eigenvalue weighted by molar-refractivity contribution is 7.98. The Balaban J connectivity index is 3.09. The van der Waals surface area contributed by atoms with E-state index in [9.17, 15) is 4.79 Å². The van der Waals surface area contributed by atoms with Crippen molar-refractivity contribution >= 4 is 17.7 Å². The van der Waals surface area contributed by atoms with Crippen LogP contribution in [0.4, 0.5) is 0 Å². The topological polar surface area (TPSA) is 50.4 Å². The Morgan fingerprint density at radius 2 is 2.06 bits per heavy atom. The third kappa shape index (κ3) is 11.8. The van der Waals surface area contributed by atoms with Crippen molar-refractivity contribution in [2.45, 2.75) is 19.3 Å². The second kappa shape index (κ2) is 12.8. The Morgan fingerprint density at radius 1 is 1.25 bits per heavy atom. The van der Waals surface area contributed by atoms with Gasteiger partial charge < -0.3 is 15.4 Å². The fourth-order valence-corrected chi connectivity index (χ4v) is 1.72. The number of thioether (sulfide) groups is 1. The summed E-state index contributed by atoms with van der Waals surface area (Å²) in [7, 11) is 1.62. The molecular formula is C11H24N2O2S. The zero-order valence-electron chi connectivity index (χ0n) is 10.4. The van der Waals surface area contributed by atoms with Gasteiger partial charge in [-0.3, -0.25) is 4.79 Å². The van der Waals surface area contributed by atoms with E-state index >= 15 is 0 Å². The van der Waals surface area contributed by atoms with Crippen molar-refractivity contribution in [2.75, 3.05) is 45.4 Å². The molecule has 0 bridgehead atoms. The van der Waals surface area contributed by atoms with Crippen LogP contribution in [0.15, 0.2) is 0 Å². The van der Waals surface area contributed by atoms with Gasteiger partial charge in [0.2, 0.25) is 5.91 Å². The average Bonchev–Trinajstić information content (AvgIpc) is 2.28. The molecule has 0 radical (unpaired) electrons. The zero-order valence-corrected chi connectivity index (χ0v) is 11.2. The lowest BCUT2D eigenvalue weighted by Gasteiger charge is -2.06. The van der Waals surface area contributed by atoms with Gasteiger partial charge in [-0.15, -0.1) is 0 Å². The third-order valence-corrected chi connectivity index (χ3v) is 2.81. The number of carbonyl (C=O) groups is 1. The number of amides is 1. The van der Waals surface area contributed by atoms with E-state index in [-0.39, 0.29) is 5.91 Å². The molecule has 0 aliphatic carbocycles. The third-order valence-electron chi connectivity index (χ3n) is 2.12. The van der Waals surface area contributed by atoms with Crippen molar-refractivity contribution in [1.29, 1.82) is 0 Å². The molecule has 0 aromatic rings. The predicted octanol–water partition coefficient (Wildman–Crippen LogP) is 0.872. The minimum absolute atomic E-state index is 0.0427. The van der Waals surface area contributed by atoms with Crippen LogP contribution in [0.3, 0.4) is 0 Å². The second-order valence-electron chi connectivity index (χ2n) is 3.57. The van der Waals surface area contributed by atoms with Crippen molar-refractivity contribution in [1.82, 2.24) is 10.6 Å². The fourth-order valence-electron chi connectivity index (χ4n) is 1.23. The van der Waals surface area contributed by atoms with Gasteiger partial charge in [0.25, 0.3) is 0 Å². The summed E-state index contributed by atoms with van der Waals surface area (Å²) < 4.78 is 4.84. The van der Waals surface area contributed by atoms with Crippen LogP contribution >= 0.6 is 11.8 Å². The average molecular weight is 248 g/mol. The van der Waals surface area contributed by atoms with Crippen LogP contribution in [0.25, 0.3) is 0 Å². The van der Waals surface area contributed by atoms with Crippen LogP contribution in [0.1, 0.15) is 19.3 Å². The maximum atomic E-state index is 11.2. The maximum absolute atomic E-state index is 11.2. The monoisotopic (exact) mass is 248 g/mol. The van der Waals surface area contributed by atoms with Gasteiger partial charge in [0.05, 0.1) is 13.2 Å². The van der Waals surface area contributed by atoms with E-state index in [2.05, 4.69) is 16.9 Å². The smallest absolute Gasteiger partial charge is 0.234 e. The Kier molecular flexibility index (Phi) is 12.6. The van der Waals surface area contributed by atoms with Crippen LogP contribution in [-0.2, 0) is 9.53 Å². The summed E-state index contributed by atoms with van der Waals surface area (Å²) in [6.45, 7) is 2.49. The first-order chi connectivity index (χ1) is 7.81. The molecular weight excluding hydrogens is 224 g/mol. The summed E-state index contributed by atoms with van der Waals surface area (Å²) >= 11 is 1.89. The molecule has 0 saturated heterocycles. The number of unbranched alkanes of at least 4 members (excludes halogenated alkanes) is 2. The number of rotatable bonds is 11. The summed E-state index contributed by atoms with van der Waals surface area (Å²) in [6.07, 6.45) is 5.77. The highest BCUT2D eigenvalue weighted by atomic mass is 32.2. The van der Waals surface area contributed by atoms with Gasteiger partial charge in [0.15, 0.2) is 0 Å². The highest BCUT2D eigenvalue weighted by Gasteiger charge is 1.98. The van der Waals surface area contributed by atoms with Crippen molar-refractivity contribution in [3.8, 4) is 0 Å². The molecule has 0 aliphatic rings. The molecule has 4 nitrogen and oxygen atoms in total. The molecule has 0 spiro atoms. The molecule has 0 aliphatic heterocycles. The van der Waals surface area contributed by atoms with Crippen LogP contribution in [-0.4, -0.2) is 51.3 Å². The minimum Gasteiger partial charge on any atom is -0.383 e. The van der Waals surface area contributed by atoms with E-state index in [4.69, 9.17) is 4.74 Å². The number of hydrogen-bond acceptors (Lipinski definition) is 4. The first kappa shape index (κ1) is 15.7. The van der Waals surface area contributed by atoms with Gasteiger partial charge in [0.1, 0.15) is 0 Å². The summed E-state index contributed by atoms with van der Waals surface area (Å²) in [5, 5.41) is 5.89. The van der Waals surface area contributed by atoms with E-state index in [0.29, 0.717) is 19.7 Å². The first-order valence-electron chi connectivity index (χ1n) is 5.76. The molecule has 16 heavy (non-hydrogen) atoms. The summed E-state index contributed by atoms with van der Waals surface area (Å²) in [5.41, 5.74) is 0. The van der Waals surface area contributed by atoms with Crippen LogP contribution < -0.4 is 10.6 Å². The van der Waals surface area contributed by atoms with Gasteiger partial charge in [-0.1, -0.05) is 6.42 Å². The SMILES string of the molecule is COCCNC(=O)CNCCCCCSC. The summed E-state index contributed by atoms with van der Waals surface area (Å²) in [5.74, 6) is 1.28. The van der Waals surface area contributed by atoms with Gasteiger partial charge >= 0.3 is 0 Å². The Hall–Kier alpha value is -0.260. The number of carbonyl (C=O) groups excluding carboxylic acids is 1. The van der Waals surface area contributed by atoms with Crippen molar-refractivity contribution in [2.24, 2.45) is 0 Å². The lowest BCUT2D eigenvalue weighted by Crippen LogP contribution is -2.35. The number of hydrogen-bond donors (Lipinski definition) is 2. The first-order valence-corrected chi connectivity index (χ1v) is 7.16. The van der Waals surface area contributed by atoms with Gasteiger partial charge in [0, 0.05) is 13.7 Å². The Bertz CT molecular complexity index is 168. The molecule has 1 amide bonds. The highest BCUT2D eigenvalue weighted by Crippen LogP contribution is 2.00. The Labute approximate surface area is 103 Å². The van der Waals surface area contributed by atoms with Gasteiger partial charge in [-0.25, -0.2) is 0 Å². The predicted molar refractivity (Wildman–Crippen MR) is 70.0 cm³/mol. The molecule has 2 N–H and O–H groups in total. The molecule has 0 rings (SSSR count). The van der Waals surface area contributed by atoms with Crippen molar-refractivity contribution in [3.05, 3.63) is 0 Å². The molecule has 0 aromatic carbocycles. The van der Waals surface area contributed by atoms with E-state index in [1.54, 1.807) is 7.11 Å². The quantitative estimate of drug-likeness (QED) is 0.533. The summed E-state index contributed by atoms with van der Waals surface area (Å²) in [6, 6.07) is 0. The zero-order chi connectivity index (χ0) is 12.1. The maximum Gasteiger partial charge on any atom is 0.234 e. The molecule has 0 aromatic heterocycles. The molecule has 5 heteroatoms. The summed E-state index contributed by atoms with van der Waals surface area (Å²) in [4.78, 5) is 11.2. The number of ether oxygens (including phenoxy) is 1. The number of methoxy groups -OCH3 is 1. The fraction of sp³-hybridized carbons (Fsp3) is 0.909. The number of nitrogens with one attached hydrogen (secondary N) is 2. The lowest BCUT2D eigenvalue weighted by molar-refractivity contribution is -0.120. The Morgan fingerprint density at radius 3 is 2.75 bits per heavy atom. The molecule has 96 valence electrons. The van der Waals surface area contributed by atoms with Crippen LogP contribution in [0, 0.1) is 0 Å². The van der Waals surface area contributed by atoms with Crippen LogP contribution in [0.5, 0.6) is 0 Å². The van der Waals surface area contributed by atoms with Gasteiger partial charge in [-0.2, -0.15) is 11.8 Å². The van der Waals surface area contributed by atoms with Crippen molar-refractivity contribution in [3.63, 3.8) is 0 Å². The molecule has 0 heterocycles. The van der Waals surface area contributed by atoms with E-state index < -0.39 is 0 Å². The molecule has 0 fully saturated rings. The molecule has 0 atom stereocenters. The molecule has 0 saturated carbocycles. The van der Waals surface area contributed by atoms with Gasteiger partial charge in [-0.05, 0) is 31.4 Å². The molecule has 0 unspecified atom stereocenters.